The minimum absolute atomic E-state index is 0.507. The first-order chi connectivity index (χ1) is 9.49. The third-order valence-electron chi connectivity index (χ3n) is 2.88. The van der Waals surface area contributed by atoms with Gasteiger partial charge in [-0.05, 0) is 36.8 Å². The number of rotatable bonds is 4. The van der Waals surface area contributed by atoms with Crippen molar-refractivity contribution in [3.63, 3.8) is 0 Å². The van der Waals surface area contributed by atoms with Crippen LogP contribution in [0, 0.1) is 6.92 Å². The first kappa shape index (κ1) is 16.0. The summed E-state index contributed by atoms with van der Waals surface area (Å²) in [4.78, 5) is 0.693. The maximum Gasteiger partial charge on any atom is 0.134 e. The minimum Gasteiger partial charge on any atom is -0.253 e. The summed E-state index contributed by atoms with van der Waals surface area (Å²) in [5.74, 6) is 0. The monoisotopic (exact) mass is 390 g/mol. The smallest absolute Gasteiger partial charge is 0.134 e. The van der Waals surface area contributed by atoms with Crippen LogP contribution in [0.2, 0.25) is 0 Å². The Morgan fingerprint density at radius 3 is 2.10 bits per heavy atom. The van der Waals surface area contributed by atoms with Gasteiger partial charge in [0.05, 0.1) is 16.2 Å². The van der Waals surface area contributed by atoms with E-state index in [1.165, 1.54) is 0 Å². The number of hydrogen-bond acceptors (Lipinski definition) is 1. The van der Waals surface area contributed by atoms with Crippen LogP contribution in [-0.2, 0) is 10.8 Å². The molecule has 0 heterocycles. The van der Waals surface area contributed by atoms with E-state index < -0.39 is 20.9 Å². The summed E-state index contributed by atoms with van der Waals surface area (Å²) in [6.07, 6.45) is 0. The van der Waals surface area contributed by atoms with Crippen LogP contribution in [0.25, 0.3) is 0 Å². The van der Waals surface area contributed by atoms with Gasteiger partial charge in [-0.3, -0.25) is 4.21 Å². The molecular weight excluding hydrogens is 379 g/mol. The first-order valence-corrected chi connectivity index (χ1v) is 8.88. The van der Waals surface area contributed by atoms with Gasteiger partial charge in [0, 0.05) is 9.37 Å². The van der Waals surface area contributed by atoms with Crippen LogP contribution in [0.3, 0.4) is 0 Å². The number of benzene rings is 2. The van der Waals surface area contributed by atoms with E-state index in [9.17, 15) is 4.21 Å². The van der Waals surface area contributed by atoms with Crippen molar-refractivity contribution < 1.29 is 4.21 Å². The Morgan fingerprint density at radius 1 is 1.00 bits per heavy atom. The van der Waals surface area contributed by atoms with Crippen molar-refractivity contribution in [2.24, 2.45) is 0 Å². The molecule has 0 saturated heterocycles. The van der Waals surface area contributed by atoms with Gasteiger partial charge in [0.2, 0.25) is 0 Å². The molecule has 0 bridgehead atoms. The summed E-state index contributed by atoms with van der Waals surface area (Å²) >= 11 is 16.0. The van der Waals surface area contributed by atoms with Crippen molar-refractivity contribution in [1.82, 2.24) is 0 Å². The van der Waals surface area contributed by atoms with Gasteiger partial charge in [-0.15, -0.1) is 23.2 Å². The van der Waals surface area contributed by atoms with Crippen LogP contribution in [0.4, 0.5) is 0 Å². The van der Waals surface area contributed by atoms with Crippen LogP contribution in [0.15, 0.2) is 57.9 Å². The van der Waals surface area contributed by atoms with Crippen LogP contribution in [-0.4, -0.2) is 8.92 Å². The van der Waals surface area contributed by atoms with Crippen LogP contribution >= 0.6 is 39.1 Å². The van der Waals surface area contributed by atoms with Gasteiger partial charge in [-0.2, -0.15) is 0 Å². The normalized spacial score (nSPS) is 15.6. The van der Waals surface area contributed by atoms with Gasteiger partial charge in [0.25, 0.3) is 0 Å². The Balaban J connectivity index is 2.17. The molecule has 2 aromatic rings. The molecule has 2 aromatic carbocycles. The molecule has 3 atom stereocenters. The third-order valence-corrected chi connectivity index (χ3v) is 6.34. The Hall–Kier alpha value is -0.350. The second-order valence-corrected chi connectivity index (χ2v) is 8.10. The van der Waals surface area contributed by atoms with Gasteiger partial charge in [0.1, 0.15) is 4.71 Å². The summed E-state index contributed by atoms with van der Waals surface area (Å²) in [6, 6.07) is 15.0. The lowest BCUT2D eigenvalue weighted by molar-refractivity contribution is 0.679. The highest BCUT2D eigenvalue weighted by Gasteiger charge is 2.25. The van der Waals surface area contributed by atoms with Crippen LogP contribution in [0.1, 0.15) is 16.5 Å². The number of alkyl halides is 2. The minimum atomic E-state index is -1.35. The SMILES string of the molecule is Cc1ccc(S(=O)[C@H](Cl)[C@H](Cl)c2ccc(Br)cc2)cc1. The van der Waals surface area contributed by atoms with Gasteiger partial charge in [0.15, 0.2) is 0 Å². The maximum atomic E-state index is 12.4. The molecule has 0 fully saturated rings. The molecule has 0 saturated carbocycles. The zero-order valence-corrected chi connectivity index (χ0v) is 14.6. The number of aryl methyl sites for hydroxylation is 1. The third kappa shape index (κ3) is 3.85. The topological polar surface area (TPSA) is 17.1 Å². The van der Waals surface area contributed by atoms with E-state index in [0.29, 0.717) is 4.90 Å². The van der Waals surface area contributed by atoms with Crippen molar-refractivity contribution >= 4 is 49.9 Å². The van der Waals surface area contributed by atoms with E-state index >= 15 is 0 Å². The molecule has 0 spiro atoms. The molecule has 20 heavy (non-hydrogen) atoms. The summed E-state index contributed by atoms with van der Waals surface area (Å²) in [7, 11) is -1.35. The number of hydrogen-bond donors (Lipinski definition) is 0. The standard InChI is InChI=1S/C15H13BrCl2OS/c1-10-2-8-13(9-3-10)20(19)15(18)14(17)11-4-6-12(16)7-5-11/h2-9,14-15H,1H3/t14-,15+,20?/m1/s1. The average molecular weight is 392 g/mol. The van der Waals surface area contributed by atoms with E-state index in [-0.39, 0.29) is 0 Å². The molecule has 0 aliphatic carbocycles. The summed E-state index contributed by atoms with van der Waals surface area (Å²) in [5, 5.41) is -0.507. The van der Waals surface area contributed by atoms with Gasteiger partial charge in [-0.25, -0.2) is 0 Å². The van der Waals surface area contributed by atoms with Gasteiger partial charge in [-0.1, -0.05) is 45.8 Å². The molecule has 0 radical (unpaired) electrons. The van der Waals surface area contributed by atoms with Crippen LogP contribution < -0.4 is 0 Å². The Morgan fingerprint density at radius 2 is 1.55 bits per heavy atom. The Kier molecular flexibility index (Phi) is 5.67. The van der Waals surface area contributed by atoms with E-state index in [1.807, 2.05) is 55.5 Å². The van der Waals surface area contributed by atoms with Gasteiger partial charge >= 0.3 is 0 Å². The first-order valence-electron chi connectivity index (χ1n) is 6.00. The maximum absolute atomic E-state index is 12.4. The lowest BCUT2D eigenvalue weighted by Gasteiger charge is -2.16. The Labute approximate surface area is 139 Å². The fraction of sp³-hybridized carbons (Fsp3) is 0.200. The van der Waals surface area contributed by atoms with Crippen molar-refractivity contribution in [2.75, 3.05) is 0 Å². The van der Waals surface area contributed by atoms with E-state index in [2.05, 4.69) is 15.9 Å². The number of halogens is 3. The molecule has 0 aliphatic heterocycles. The van der Waals surface area contributed by atoms with Gasteiger partial charge < -0.3 is 0 Å². The predicted molar refractivity (Wildman–Crippen MR) is 90.0 cm³/mol. The highest BCUT2D eigenvalue weighted by molar-refractivity contribution is 9.10. The Bertz CT molecular complexity index is 598. The lowest BCUT2D eigenvalue weighted by Crippen LogP contribution is -2.14. The van der Waals surface area contributed by atoms with Crippen molar-refractivity contribution in [1.29, 1.82) is 0 Å². The van der Waals surface area contributed by atoms with Crippen LogP contribution in [0.5, 0.6) is 0 Å². The van der Waals surface area contributed by atoms with E-state index in [0.717, 1.165) is 15.6 Å². The summed E-state index contributed by atoms with van der Waals surface area (Å²) in [5.41, 5.74) is 1.97. The lowest BCUT2D eigenvalue weighted by atomic mass is 10.2. The largest absolute Gasteiger partial charge is 0.253 e. The van der Waals surface area contributed by atoms with Crippen molar-refractivity contribution in [3.05, 3.63) is 64.1 Å². The zero-order chi connectivity index (χ0) is 14.7. The molecule has 1 unspecified atom stereocenters. The molecule has 2 rings (SSSR count). The molecular formula is C15H13BrCl2OS. The predicted octanol–water partition coefficient (Wildman–Crippen LogP) is 5.41. The van der Waals surface area contributed by atoms with E-state index in [1.54, 1.807) is 0 Å². The molecule has 1 nitrogen and oxygen atoms in total. The fourth-order valence-electron chi connectivity index (χ4n) is 1.71. The molecule has 106 valence electrons. The highest BCUT2D eigenvalue weighted by Crippen LogP contribution is 2.33. The molecule has 0 amide bonds. The quantitative estimate of drug-likeness (QED) is 0.636. The summed E-state index contributed by atoms with van der Waals surface area (Å²) in [6.45, 7) is 1.98. The average Bonchev–Trinajstić information content (AvgIpc) is 2.46. The molecule has 0 aromatic heterocycles. The molecule has 5 heteroatoms. The summed E-state index contributed by atoms with van der Waals surface area (Å²) < 4.78 is 12.7. The second kappa shape index (κ2) is 7.08. The molecule has 0 aliphatic rings. The second-order valence-electron chi connectivity index (χ2n) is 4.41. The zero-order valence-electron chi connectivity index (χ0n) is 10.7. The van der Waals surface area contributed by atoms with E-state index in [4.69, 9.17) is 23.2 Å². The van der Waals surface area contributed by atoms with Crippen molar-refractivity contribution in [2.45, 2.75) is 21.9 Å². The highest BCUT2D eigenvalue weighted by atomic mass is 79.9. The van der Waals surface area contributed by atoms with Crippen molar-refractivity contribution in [3.8, 4) is 0 Å². The fourth-order valence-corrected chi connectivity index (χ4v) is 3.89. The molecule has 0 N–H and O–H groups in total.